The highest BCUT2D eigenvalue weighted by atomic mass is 16.8. The summed E-state index contributed by atoms with van der Waals surface area (Å²) in [6.07, 6.45) is -2.22. The van der Waals surface area contributed by atoms with Gasteiger partial charge in [-0.05, 0) is 4.92 Å². The molecule has 0 aliphatic carbocycles. The number of methoxy groups -OCH3 is 2. The largest absolute Gasteiger partial charge is 0.493 e. The van der Waals surface area contributed by atoms with E-state index in [9.17, 15) is 20.2 Å². The van der Waals surface area contributed by atoms with Crippen LogP contribution >= 0.6 is 0 Å². The van der Waals surface area contributed by atoms with E-state index in [4.69, 9.17) is 19.0 Å². The molecule has 0 radical (unpaired) electrons. The lowest BCUT2D eigenvalue weighted by Crippen LogP contribution is -2.41. The van der Waals surface area contributed by atoms with E-state index >= 15 is 0 Å². The number of hydrogen-bond donors (Lipinski definition) is 0. The van der Waals surface area contributed by atoms with E-state index in [1.54, 1.807) is 0 Å². The summed E-state index contributed by atoms with van der Waals surface area (Å²) in [5, 5.41) is 25.7. The van der Waals surface area contributed by atoms with Gasteiger partial charge >= 0.3 is 5.84 Å². The molecule has 0 saturated carbocycles. The number of amidine groups is 1. The zero-order chi connectivity index (χ0) is 16.7. The predicted molar refractivity (Wildman–Crippen MR) is 73.0 cm³/mol. The Hall–Kier alpha value is -2.95. The van der Waals surface area contributed by atoms with E-state index < -0.39 is 28.1 Å². The molecule has 2 aliphatic heterocycles. The smallest absolute Gasteiger partial charge is 0.414 e. The van der Waals surface area contributed by atoms with E-state index in [1.807, 2.05) is 0 Å². The van der Waals surface area contributed by atoms with Gasteiger partial charge in [0.05, 0.1) is 25.2 Å². The van der Waals surface area contributed by atoms with Crippen molar-refractivity contribution >= 4 is 11.5 Å². The summed E-state index contributed by atoms with van der Waals surface area (Å²) < 4.78 is 15.8. The minimum atomic E-state index is -1.22. The van der Waals surface area contributed by atoms with Gasteiger partial charge < -0.3 is 24.3 Å². The normalized spacial score (nSPS) is 21.6. The Kier molecular flexibility index (Phi) is 3.48. The molecule has 0 amide bonds. The topological polar surface area (TPSA) is 136 Å². The van der Waals surface area contributed by atoms with Crippen LogP contribution in [0.5, 0.6) is 11.5 Å². The third-order valence-corrected chi connectivity index (χ3v) is 3.62. The first kappa shape index (κ1) is 15.0. The maximum atomic E-state index is 11.3. The van der Waals surface area contributed by atoms with Crippen molar-refractivity contribution in [1.82, 2.24) is 0 Å². The number of nitro groups is 2. The molecule has 0 saturated heterocycles. The Labute approximate surface area is 128 Å². The van der Waals surface area contributed by atoms with E-state index in [-0.39, 0.29) is 29.2 Å². The number of rotatable bonds is 3. The highest BCUT2D eigenvalue weighted by molar-refractivity contribution is 5.80. The van der Waals surface area contributed by atoms with Crippen LogP contribution in [0.1, 0.15) is 17.4 Å². The molecule has 11 nitrogen and oxygen atoms in total. The van der Waals surface area contributed by atoms with Crippen molar-refractivity contribution in [3.63, 3.8) is 0 Å². The zero-order valence-electron chi connectivity index (χ0n) is 12.0. The molecule has 11 heteroatoms. The first-order chi connectivity index (χ1) is 11.0. The number of nitro benzene ring substituents is 1. The molecule has 0 fully saturated rings. The van der Waals surface area contributed by atoms with E-state index in [1.165, 1.54) is 20.3 Å². The summed E-state index contributed by atoms with van der Waals surface area (Å²) in [4.78, 5) is 25.9. The van der Waals surface area contributed by atoms with Crippen molar-refractivity contribution < 1.29 is 28.9 Å². The molecular formula is C12H11N3O8. The molecule has 2 heterocycles. The van der Waals surface area contributed by atoms with Crippen molar-refractivity contribution in [2.45, 2.75) is 18.8 Å². The van der Waals surface area contributed by atoms with Gasteiger partial charge in [-0.2, -0.15) is 0 Å². The molecule has 1 aromatic rings. The fraction of sp³-hybridized carbons (Fsp3) is 0.417. The quantitative estimate of drug-likeness (QED) is 0.596. The molecule has 0 N–H and O–H groups in total. The fourth-order valence-corrected chi connectivity index (χ4v) is 2.68. The average Bonchev–Trinajstić information content (AvgIpc) is 2.52. The van der Waals surface area contributed by atoms with Crippen LogP contribution < -0.4 is 9.47 Å². The summed E-state index contributed by atoms with van der Waals surface area (Å²) in [5.41, 5.74) is 0.199. The van der Waals surface area contributed by atoms with Gasteiger partial charge in [-0.1, -0.05) is 0 Å². The second kappa shape index (κ2) is 5.35. The Morgan fingerprint density at radius 2 is 2.00 bits per heavy atom. The maximum Gasteiger partial charge on any atom is 0.414 e. The lowest BCUT2D eigenvalue weighted by atomic mass is 9.94. The summed E-state index contributed by atoms with van der Waals surface area (Å²) >= 11 is 0. The molecule has 23 heavy (non-hydrogen) atoms. The monoisotopic (exact) mass is 325 g/mol. The van der Waals surface area contributed by atoms with Crippen LogP contribution in [0.2, 0.25) is 0 Å². The van der Waals surface area contributed by atoms with Crippen LogP contribution in [0.3, 0.4) is 0 Å². The fourth-order valence-electron chi connectivity index (χ4n) is 2.68. The first-order valence-electron chi connectivity index (χ1n) is 6.43. The molecule has 0 unspecified atom stereocenters. The van der Waals surface area contributed by atoms with E-state index in [0.717, 1.165) is 0 Å². The number of benzene rings is 1. The lowest BCUT2D eigenvalue weighted by molar-refractivity contribution is -0.391. The van der Waals surface area contributed by atoms with Crippen LogP contribution in [-0.4, -0.2) is 36.0 Å². The summed E-state index contributed by atoms with van der Waals surface area (Å²) in [6.45, 7) is 0. The Morgan fingerprint density at radius 3 is 2.57 bits per heavy atom. The molecular weight excluding hydrogens is 314 g/mol. The lowest BCUT2D eigenvalue weighted by Gasteiger charge is -2.30. The Balaban J connectivity index is 2.21. The number of oxime groups is 1. The zero-order valence-corrected chi connectivity index (χ0v) is 12.0. The van der Waals surface area contributed by atoms with Gasteiger partial charge in [0.2, 0.25) is 0 Å². The third-order valence-electron chi connectivity index (χ3n) is 3.62. The van der Waals surface area contributed by atoms with Crippen LogP contribution in [-0.2, 0) is 16.0 Å². The van der Waals surface area contributed by atoms with Crippen LogP contribution in [0.4, 0.5) is 5.69 Å². The van der Waals surface area contributed by atoms with Gasteiger partial charge in [0.1, 0.15) is 5.56 Å². The van der Waals surface area contributed by atoms with Crippen molar-refractivity contribution in [2.24, 2.45) is 5.16 Å². The van der Waals surface area contributed by atoms with Crippen molar-refractivity contribution in [1.29, 1.82) is 0 Å². The maximum absolute atomic E-state index is 11.3. The van der Waals surface area contributed by atoms with Gasteiger partial charge in [0.25, 0.3) is 12.0 Å². The summed E-state index contributed by atoms with van der Waals surface area (Å²) in [6, 6.07) is 1.19. The second-order valence-corrected chi connectivity index (χ2v) is 4.75. The molecule has 3 rings (SSSR count). The highest BCUT2D eigenvalue weighted by Gasteiger charge is 2.48. The highest BCUT2D eigenvalue weighted by Crippen LogP contribution is 2.48. The molecule has 122 valence electrons. The van der Waals surface area contributed by atoms with Gasteiger partial charge in [0.15, 0.2) is 22.8 Å². The molecule has 0 aromatic heterocycles. The van der Waals surface area contributed by atoms with Crippen LogP contribution in [0, 0.1) is 20.2 Å². The Bertz CT molecular complexity index is 732. The summed E-state index contributed by atoms with van der Waals surface area (Å²) in [7, 11) is 2.72. The van der Waals surface area contributed by atoms with Crippen molar-refractivity contribution in [3.8, 4) is 11.5 Å². The molecule has 2 aliphatic rings. The Morgan fingerprint density at radius 1 is 1.26 bits per heavy atom. The van der Waals surface area contributed by atoms with Gasteiger partial charge in [-0.3, -0.25) is 15.0 Å². The third kappa shape index (κ3) is 2.21. The average molecular weight is 325 g/mol. The molecule has 1 aromatic carbocycles. The minimum Gasteiger partial charge on any atom is -0.493 e. The minimum absolute atomic E-state index is 0.0176. The summed E-state index contributed by atoms with van der Waals surface area (Å²) in [5.74, 6) is -0.100. The molecule has 2 bridgehead atoms. The molecule has 2 atom stereocenters. The van der Waals surface area contributed by atoms with E-state index in [2.05, 4.69) is 5.16 Å². The number of ether oxygens (including phenoxy) is 3. The van der Waals surface area contributed by atoms with Gasteiger partial charge in [0, 0.05) is 12.0 Å². The van der Waals surface area contributed by atoms with Crippen LogP contribution in [0.25, 0.3) is 0 Å². The predicted octanol–water partition coefficient (Wildman–Crippen LogP) is 1.17. The first-order valence-corrected chi connectivity index (χ1v) is 6.43. The van der Waals surface area contributed by atoms with Gasteiger partial charge in [-0.25, -0.2) is 0 Å². The van der Waals surface area contributed by atoms with Crippen molar-refractivity contribution in [2.75, 3.05) is 14.2 Å². The van der Waals surface area contributed by atoms with Gasteiger partial charge in [-0.15, -0.1) is 0 Å². The second-order valence-electron chi connectivity index (χ2n) is 4.75. The van der Waals surface area contributed by atoms with Crippen molar-refractivity contribution in [3.05, 3.63) is 37.4 Å². The van der Waals surface area contributed by atoms with E-state index in [0.29, 0.717) is 5.56 Å². The number of hydrogen-bond acceptors (Lipinski definition) is 9. The SMILES string of the molecule is COc1cc([N+](=O)[O-])c2c(c1OC)C[C@H]1O[C@@H]2ON=C1[N+](=O)[O-]. The number of fused-ring (bicyclic) bond motifs is 4. The molecule has 0 spiro atoms. The van der Waals surface area contributed by atoms with Crippen LogP contribution in [0.15, 0.2) is 11.2 Å². The number of nitrogens with zero attached hydrogens (tertiary/aromatic N) is 3. The standard InChI is InChI=1S/C12H11N3O8/c1-20-7-4-6(14(16)17)9-5(10(7)21-2)3-8-11(15(18)19)13-23-12(9)22-8/h4,8,12H,3H2,1-2H3/t8-,12-/m1/s1.